The number of aromatic nitrogens is 3. The number of nitrogens with one attached hydrogen (secondary N) is 1. The van der Waals surface area contributed by atoms with Gasteiger partial charge in [-0.15, -0.1) is 0 Å². The summed E-state index contributed by atoms with van der Waals surface area (Å²) in [6.45, 7) is 1.68. The van der Waals surface area contributed by atoms with Crippen molar-refractivity contribution in [3.05, 3.63) is 11.6 Å². The summed E-state index contributed by atoms with van der Waals surface area (Å²) in [7, 11) is 0. The first kappa shape index (κ1) is 8.69. The molecule has 4 nitrogen and oxygen atoms in total. The van der Waals surface area contributed by atoms with Crippen molar-refractivity contribution in [3.8, 4) is 0 Å². The molecule has 1 heterocycles. The number of aliphatic hydroxyl groups is 1. The van der Waals surface area contributed by atoms with Crippen LogP contribution in [0.1, 0.15) is 56.3 Å². The Balaban J connectivity index is 2.12. The molecule has 0 saturated heterocycles. The highest BCUT2D eigenvalue weighted by Crippen LogP contribution is 2.32. The van der Waals surface area contributed by atoms with Crippen LogP contribution in [0.25, 0.3) is 0 Å². The Bertz CT molecular complexity index is 276. The Morgan fingerprint density at radius 2 is 2.15 bits per heavy atom. The van der Waals surface area contributed by atoms with Gasteiger partial charge in [-0.25, -0.2) is 4.98 Å². The van der Waals surface area contributed by atoms with Crippen LogP contribution in [0.15, 0.2) is 0 Å². The fourth-order valence-corrected chi connectivity index (χ4v) is 1.86. The summed E-state index contributed by atoms with van der Waals surface area (Å²) in [5, 5.41) is 16.1. The predicted octanol–water partition coefficient (Wildman–Crippen LogP) is 1.52. The van der Waals surface area contributed by atoms with Crippen molar-refractivity contribution in [2.24, 2.45) is 0 Å². The lowest BCUT2D eigenvalue weighted by atomic mass is 10.1. The van der Waals surface area contributed by atoms with Gasteiger partial charge in [0.05, 0.1) is 0 Å². The zero-order valence-corrected chi connectivity index (χ0v) is 7.82. The van der Waals surface area contributed by atoms with E-state index in [0.29, 0.717) is 11.7 Å². The molecule has 1 saturated carbocycles. The van der Waals surface area contributed by atoms with Crippen LogP contribution in [0.3, 0.4) is 0 Å². The van der Waals surface area contributed by atoms with Gasteiger partial charge in [0.2, 0.25) is 0 Å². The summed E-state index contributed by atoms with van der Waals surface area (Å²) in [4.78, 5) is 4.28. The minimum Gasteiger partial charge on any atom is -0.385 e. The van der Waals surface area contributed by atoms with Gasteiger partial charge in [-0.2, -0.15) is 5.10 Å². The zero-order valence-electron chi connectivity index (χ0n) is 7.82. The van der Waals surface area contributed by atoms with E-state index in [1.807, 2.05) is 0 Å². The van der Waals surface area contributed by atoms with Gasteiger partial charge in [0.25, 0.3) is 0 Å². The third-order valence-electron chi connectivity index (χ3n) is 2.64. The first-order valence-electron chi connectivity index (χ1n) is 4.87. The van der Waals surface area contributed by atoms with E-state index in [1.165, 1.54) is 25.7 Å². The topological polar surface area (TPSA) is 61.8 Å². The molecule has 0 radical (unpaired) electrons. The number of aromatic amines is 1. The number of nitrogens with zero attached hydrogens (tertiary/aromatic N) is 2. The lowest BCUT2D eigenvalue weighted by Gasteiger charge is -2.02. The molecule has 0 aromatic carbocycles. The Hall–Kier alpha value is -0.900. The van der Waals surface area contributed by atoms with Crippen LogP contribution in [0.4, 0.5) is 0 Å². The van der Waals surface area contributed by atoms with Gasteiger partial charge >= 0.3 is 0 Å². The summed E-state index contributed by atoms with van der Waals surface area (Å²) >= 11 is 0. The monoisotopic (exact) mass is 181 g/mol. The summed E-state index contributed by atoms with van der Waals surface area (Å²) < 4.78 is 0. The third kappa shape index (κ3) is 1.72. The second kappa shape index (κ2) is 3.46. The first-order chi connectivity index (χ1) is 6.27. The average molecular weight is 181 g/mol. The van der Waals surface area contributed by atoms with Crippen molar-refractivity contribution >= 4 is 0 Å². The number of rotatable bonds is 2. The maximum absolute atomic E-state index is 9.23. The normalized spacial score (nSPS) is 20.8. The molecule has 0 bridgehead atoms. The van der Waals surface area contributed by atoms with Crippen molar-refractivity contribution in [3.63, 3.8) is 0 Å². The zero-order chi connectivity index (χ0) is 9.26. The SMILES string of the molecule is C[C@H](O)c1n[nH]c(C2CCCC2)n1. The Labute approximate surface area is 77.4 Å². The van der Waals surface area contributed by atoms with Gasteiger partial charge in [-0.3, -0.25) is 5.10 Å². The molecule has 1 aliphatic carbocycles. The van der Waals surface area contributed by atoms with Crippen molar-refractivity contribution in [2.75, 3.05) is 0 Å². The lowest BCUT2D eigenvalue weighted by molar-refractivity contribution is 0.189. The Morgan fingerprint density at radius 1 is 1.46 bits per heavy atom. The second-order valence-corrected chi connectivity index (χ2v) is 3.74. The van der Waals surface area contributed by atoms with Crippen molar-refractivity contribution in [2.45, 2.75) is 44.6 Å². The minimum absolute atomic E-state index is 0.516. The van der Waals surface area contributed by atoms with E-state index >= 15 is 0 Å². The molecule has 72 valence electrons. The number of hydrogen-bond donors (Lipinski definition) is 2. The van der Waals surface area contributed by atoms with Gasteiger partial charge in [0.1, 0.15) is 11.9 Å². The van der Waals surface area contributed by atoms with Crippen molar-refractivity contribution < 1.29 is 5.11 Å². The molecule has 1 fully saturated rings. The molecule has 0 spiro atoms. The van der Waals surface area contributed by atoms with E-state index in [0.717, 1.165) is 5.82 Å². The second-order valence-electron chi connectivity index (χ2n) is 3.74. The molecular formula is C9H15N3O. The first-order valence-corrected chi connectivity index (χ1v) is 4.87. The van der Waals surface area contributed by atoms with E-state index in [9.17, 15) is 5.11 Å². The molecule has 0 aliphatic heterocycles. The smallest absolute Gasteiger partial charge is 0.178 e. The van der Waals surface area contributed by atoms with Gasteiger partial charge in [0, 0.05) is 5.92 Å². The minimum atomic E-state index is -0.564. The highest BCUT2D eigenvalue weighted by atomic mass is 16.3. The molecule has 1 aromatic rings. The summed E-state index contributed by atoms with van der Waals surface area (Å²) in [6.07, 6.45) is 4.42. The summed E-state index contributed by atoms with van der Waals surface area (Å²) in [5.74, 6) is 2.01. The molecule has 0 unspecified atom stereocenters. The fraction of sp³-hybridized carbons (Fsp3) is 0.778. The van der Waals surface area contributed by atoms with Crippen LogP contribution in [0.5, 0.6) is 0 Å². The van der Waals surface area contributed by atoms with E-state index in [2.05, 4.69) is 15.2 Å². The quantitative estimate of drug-likeness (QED) is 0.727. The third-order valence-corrected chi connectivity index (χ3v) is 2.64. The molecular weight excluding hydrogens is 166 g/mol. The van der Waals surface area contributed by atoms with Crippen LogP contribution in [-0.2, 0) is 0 Å². The van der Waals surface area contributed by atoms with Crippen LogP contribution in [-0.4, -0.2) is 20.3 Å². The van der Waals surface area contributed by atoms with Crippen molar-refractivity contribution in [1.29, 1.82) is 0 Å². The molecule has 1 aliphatic rings. The molecule has 13 heavy (non-hydrogen) atoms. The van der Waals surface area contributed by atoms with Gasteiger partial charge in [0.15, 0.2) is 5.82 Å². The highest BCUT2D eigenvalue weighted by Gasteiger charge is 2.21. The largest absolute Gasteiger partial charge is 0.385 e. The number of hydrogen-bond acceptors (Lipinski definition) is 3. The van der Waals surface area contributed by atoms with Gasteiger partial charge in [-0.05, 0) is 19.8 Å². The summed E-state index contributed by atoms with van der Waals surface area (Å²) in [5.41, 5.74) is 0. The maximum Gasteiger partial charge on any atom is 0.178 e. The van der Waals surface area contributed by atoms with E-state index in [4.69, 9.17) is 0 Å². The highest BCUT2D eigenvalue weighted by molar-refractivity contribution is 5.00. The van der Waals surface area contributed by atoms with Gasteiger partial charge < -0.3 is 5.11 Å². The summed E-state index contributed by atoms with van der Waals surface area (Å²) in [6, 6.07) is 0. The number of H-pyrrole nitrogens is 1. The number of aliphatic hydroxyl groups excluding tert-OH is 1. The lowest BCUT2D eigenvalue weighted by Crippen LogP contribution is -1.96. The average Bonchev–Trinajstić information content (AvgIpc) is 2.75. The maximum atomic E-state index is 9.23. The van der Waals surface area contributed by atoms with Crippen LogP contribution in [0, 0.1) is 0 Å². The van der Waals surface area contributed by atoms with Gasteiger partial charge in [-0.1, -0.05) is 12.8 Å². The van der Waals surface area contributed by atoms with Crippen LogP contribution < -0.4 is 0 Å². The van der Waals surface area contributed by atoms with E-state index in [-0.39, 0.29) is 0 Å². The molecule has 0 amide bonds. The molecule has 1 atom stereocenters. The standard InChI is InChI=1S/C9H15N3O/c1-6(13)8-10-9(12-11-8)7-4-2-3-5-7/h6-7,13H,2-5H2,1H3,(H,10,11,12)/t6-/m0/s1. The molecule has 1 aromatic heterocycles. The molecule has 4 heteroatoms. The predicted molar refractivity (Wildman–Crippen MR) is 48.2 cm³/mol. The van der Waals surface area contributed by atoms with Crippen LogP contribution >= 0.6 is 0 Å². The van der Waals surface area contributed by atoms with Crippen LogP contribution in [0.2, 0.25) is 0 Å². The van der Waals surface area contributed by atoms with E-state index < -0.39 is 6.10 Å². The molecule has 2 rings (SSSR count). The van der Waals surface area contributed by atoms with Crippen molar-refractivity contribution in [1.82, 2.24) is 15.2 Å². The Morgan fingerprint density at radius 3 is 2.69 bits per heavy atom. The Kier molecular flexibility index (Phi) is 2.31. The fourth-order valence-electron chi connectivity index (χ4n) is 1.86. The van der Waals surface area contributed by atoms with E-state index in [1.54, 1.807) is 6.92 Å². The molecule has 2 N–H and O–H groups in total.